The molecular weight excluding hydrogens is 206 g/mol. The van der Waals surface area contributed by atoms with E-state index < -0.39 is 14.6 Å². The van der Waals surface area contributed by atoms with Crippen LogP contribution in [0.2, 0.25) is 0 Å². The van der Waals surface area contributed by atoms with Gasteiger partial charge in [0.25, 0.3) is 0 Å². The molecule has 0 spiro atoms. The Bertz CT molecular complexity index is 186. The fourth-order valence-electron chi connectivity index (χ4n) is 1.27. The summed E-state index contributed by atoms with van der Waals surface area (Å²) in [7, 11) is -1.77. The van der Waals surface area contributed by atoms with Crippen molar-refractivity contribution < 1.29 is 33.4 Å². The van der Waals surface area contributed by atoms with Gasteiger partial charge in [-0.2, -0.15) is 0 Å². The van der Waals surface area contributed by atoms with Gasteiger partial charge >= 0.3 is 14.6 Å². The fraction of sp³-hybridized carbons (Fsp3) is 1.00. The summed E-state index contributed by atoms with van der Waals surface area (Å²) in [4.78, 5) is 0. The van der Waals surface area contributed by atoms with Crippen molar-refractivity contribution in [1.82, 2.24) is 0 Å². The van der Waals surface area contributed by atoms with Crippen LogP contribution in [0.5, 0.6) is 0 Å². The predicted molar refractivity (Wildman–Crippen MR) is 48.4 cm³/mol. The molecule has 0 aromatic carbocycles. The summed E-state index contributed by atoms with van der Waals surface area (Å²) < 4.78 is 25.5. The highest BCUT2D eigenvalue weighted by Crippen LogP contribution is 2.14. The van der Waals surface area contributed by atoms with Gasteiger partial charge in [0.2, 0.25) is 0 Å². The maximum Gasteiger partial charge on any atom is 0.627 e. The molecule has 0 amide bonds. The van der Waals surface area contributed by atoms with Crippen molar-refractivity contribution in [1.29, 1.82) is 0 Å². The van der Waals surface area contributed by atoms with Gasteiger partial charge in [-0.3, -0.25) is 0 Å². The number of aliphatic hydroxyl groups is 2. The topological polar surface area (TPSA) is 86.6 Å². The molecule has 2 aliphatic rings. The Hall–Kier alpha value is -0.150. The van der Waals surface area contributed by atoms with E-state index in [9.17, 15) is 0 Å². The Morgan fingerprint density at radius 3 is 1.80 bits per heavy atom. The van der Waals surface area contributed by atoms with Crippen molar-refractivity contribution in [2.24, 2.45) is 0 Å². The van der Waals surface area contributed by atoms with Gasteiger partial charge in [0.1, 0.15) is 0 Å². The highest BCUT2D eigenvalue weighted by Gasteiger charge is 2.42. The maximum absolute atomic E-state index is 8.77. The molecule has 7 nitrogen and oxygen atoms in total. The lowest BCUT2D eigenvalue weighted by Gasteiger charge is -2.09. The Labute approximate surface area is 87.6 Å². The molecule has 2 rings (SSSR count). The average Bonchev–Trinajstić information content (AvgIpc) is 2.87. The van der Waals surface area contributed by atoms with E-state index in [0.29, 0.717) is 0 Å². The van der Waals surface area contributed by atoms with Crippen LogP contribution in [0.4, 0.5) is 0 Å². The second-order valence-corrected chi connectivity index (χ2v) is 3.26. The molecule has 0 aromatic heterocycles. The third-order valence-corrected chi connectivity index (χ3v) is 2.07. The first-order valence-corrected chi connectivity index (χ1v) is 4.73. The highest BCUT2D eigenvalue weighted by atomic mass is 16.8. The van der Waals surface area contributed by atoms with E-state index in [1.54, 1.807) is 0 Å². The van der Waals surface area contributed by atoms with Crippen molar-refractivity contribution >= 4 is 14.6 Å². The average molecular weight is 218 g/mol. The molecule has 15 heavy (non-hydrogen) atoms. The van der Waals surface area contributed by atoms with E-state index in [-0.39, 0.29) is 38.6 Å². The molecule has 0 saturated carbocycles. The maximum atomic E-state index is 8.77. The fourth-order valence-corrected chi connectivity index (χ4v) is 1.27. The van der Waals surface area contributed by atoms with Crippen LogP contribution in [0, 0.1) is 0 Å². The minimum Gasteiger partial charge on any atom is -0.399 e. The lowest BCUT2D eigenvalue weighted by atomic mass is 10.1. The number of hydrogen-bond donors (Lipinski definition) is 2. The molecule has 2 N–H and O–H groups in total. The summed E-state index contributed by atoms with van der Waals surface area (Å²) in [6.45, 7) is 0.311. The zero-order valence-electron chi connectivity index (χ0n) is 8.07. The lowest BCUT2D eigenvalue weighted by molar-refractivity contribution is 0.111. The van der Waals surface area contributed by atoms with Crippen LogP contribution in [0.25, 0.3) is 0 Å². The SMILES string of the molecule is OCC1COB(OB2OCC(CO)O2)O1. The number of hydrogen-bond acceptors (Lipinski definition) is 7. The molecule has 0 aromatic rings. The third kappa shape index (κ3) is 2.91. The van der Waals surface area contributed by atoms with Gasteiger partial charge in [-0.1, -0.05) is 0 Å². The molecular formula is C6H12B2O7. The zero-order chi connectivity index (χ0) is 10.7. The standard InChI is InChI=1S/C6H12B2O7/c9-1-5-3-11-7(13-5)15-8-12-4-6(2-10)14-8/h5-6,9-10H,1-4H2. The minimum atomic E-state index is -0.885. The Morgan fingerprint density at radius 1 is 1.00 bits per heavy atom. The monoisotopic (exact) mass is 218 g/mol. The molecule has 0 radical (unpaired) electrons. The molecule has 9 heteroatoms. The van der Waals surface area contributed by atoms with Crippen LogP contribution < -0.4 is 0 Å². The summed E-state index contributed by atoms with van der Waals surface area (Å²) in [5.41, 5.74) is 0. The van der Waals surface area contributed by atoms with E-state index >= 15 is 0 Å². The summed E-state index contributed by atoms with van der Waals surface area (Å²) in [5, 5.41) is 17.5. The van der Waals surface area contributed by atoms with Crippen molar-refractivity contribution in [2.75, 3.05) is 26.4 Å². The van der Waals surface area contributed by atoms with Crippen molar-refractivity contribution in [3.63, 3.8) is 0 Å². The van der Waals surface area contributed by atoms with Gasteiger partial charge in [-0.15, -0.1) is 0 Å². The van der Waals surface area contributed by atoms with E-state index in [0.717, 1.165) is 0 Å². The molecule has 84 valence electrons. The molecule has 2 aliphatic heterocycles. The molecule has 0 aliphatic carbocycles. The first-order chi connectivity index (χ1) is 7.31. The van der Waals surface area contributed by atoms with Gasteiger partial charge in [0, 0.05) is 0 Å². The van der Waals surface area contributed by atoms with E-state index in [4.69, 9.17) is 33.4 Å². The highest BCUT2D eigenvalue weighted by molar-refractivity contribution is 6.52. The third-order valence-electron chi connectivity index (χ3n) is 2.07. The molecule has 0 bridgehead atoms. The number of aliphatic hydroxyl groups excluding tert-OH is 2. The molecule has 2 unspecified atom stereocenters. The minimum absolute atomic E-state index is 0.120. The van der Waals surface area contributed by atoms with Crippen LogP contribution in [-0.2, 0) is 23.2 Å². The Morgan fingerprint density at radius 2 is 1.47 bits per heavy atom. The largest absolute Gasteiger partial charge is 0.627 e. The van der Waals surface area contributed by atoms with Gasteiger partial charge in [0.05, 0.1) is 38.6 Å². The van der Waals surface area contributed by atoms with Crippen molar-refractivity contribution in [3.8, 4) is 0 Å². The van der Waals surface area contributed by atoms with Crippen LogP contribution in [0.1, 0.15) is 0 Å². The van der Waals surface area contributed by atoms with Crippen molar-refractivity contribution in [3.05, 3.63) is 0 Å². The van der Waals surface area contributed by atoms with Crippen LogP contribution in [0.15, 0.2) is 0 Å². The van der Waals surface area contributed by atoms with E-state index in [2.05, 4.69) is 0 Å². The van der Waals surface area contributed by atoms with E-state index in [1.165, 1.54) is 0 Å². The summed E-state index contributed by atoms with van der Waals surface area (Å²) in [5.74, 6) is 0. The summed E-state index contributed by atoms with van der Waals surface area (Å²) in [6.07, 6.45) is -0.741. The second kappa shape index (κ2) is 5.26. The summed E-state index contributed by atoms with van der Waals surface area (Å²) in [6, 6.07) is 0. The first-order valence-electron chi connectivity index (χ1n) is 4.73. The first kappa shape index (κ1) is 11.3. The molecule has 2 fully saturated rings. The van der Waals surface area contributed by atoms with Crippen molar-refractivity contribution in [2.45, 2.75) is 12.2 Å². The molecule has 2 heterocycles. The Balaban J connectivity index is 1.70. The predicted octanol–water partition coefficient (Wildman–Crippen LogP) is -2.21. The quantitative estimate of drug-likeness (QED) is 0.517. The van der Waals surface area contributed by atoms with Gasteiger partial charge in [-0.25, -0.2) is 0 Å². The van der Waals surface area contributed by atoms with Gasteiger partial charge in [0.15, 0.2) is 0 Å². The molecule has 2 saturated heterocycles. The number of rotatable bonds is 4. The van der Waals surface area contributed by atoms with Crippen LogP contribution in [0.3, 0.4) is 0 Å². The smallest absolute Gasteiger partial charge is 0.399 e. The van der Waals surface area contributed by atoms with Crippen LogP contribution >= 0.6 is 0 Å². The normalized spacial score (nSPS) is 31.6. The lowest BCUT2D eigenvalue weighted by Crippen LogP contribution is -2.33. The van der Waals surface area contributed by atoms with E-state index in [1.807, 2.05) is 0 Å². The second-order valence-electron chi connectivity index (χ2n) is 3.26. The van der Waals surface area contributed by atoms with Gasteiger partial charge in [-0.05, 0) is 0 Å². The van der Waals surface area contributed by atoms with Crippen LogP contribution in [-0.4, -0.2) is 63.5 Å². The molecule has 2 atom stereocenters. The Kier molecular flexibility index (Phi) is 3.98. The summed E-state index contributed by atoms with van der Waals surface area (Å²) >= 11 is 0. The van der Waals surface area contributed by atoms with Gasteiger partial charge < -0.3 is 33.4 Å². The zero-order valence-corrected chi connectivity index (χ0v) is 8.07.